The van der Waals surface area contributed by atoms with Crippen molar-refractivity contribution in [3.8, 4) is 0 Å². The van der Waals surface area contributed by atoms with Gasteiger partial charge in [-0.05, 0) is 37.3 Å². The lowest BCUT2D eigenvalue weighted by Crippen LogP contribution is -2.49. The average Bonchev–Trinajstić information content (AvgIpc) is 3.10. The lowest BCUT2D eigenvalue weighted by atomic mass is 10.2. The first-order valence-electron chi connectivity index (χ1n) is 9.40. The number of carbonyl (C=O) groups is 1. The maximum absolute atomic E-state index is 13.1. The van der Waals surface area contributed by atoms with Crippen LogP contribution in [0, 0.1) is 12.7 Å². The first-order valence-corrected chi connectivity index (χ1v) is 10.4. The summed E-state index contributed by atoms with van der Waals surface area (Å²) in [4.78, 5) is 36.6. The fourth-order valence-electron chi connectivity index (χ4n) is 3.47. The average molecular weight is 415 g/mol. The van der Waals surface area contributed by atoms with Crippen molar-refractivity contribution < 1.29 is 9.18 Å². The molecule has 2 aromatic heterocycles. The molecule has 1 aliphatic rings. The van der Waals surface area contributed by atoms with Crippen LogP contribution in [0.5, 0.6) is 0 Å². The molecule has 0 bridgehead atoms. The highest BCUT2D eigenvalue weighted by atomic mass is 32.2. The van der Waals surface area contributed by atoms with Crippen LogP contribution in [-0.2, 0) is 11.8 Å². The predicted octanol–water partition coefficient (Wildman–Crippen LogP) is 2.15. The van der Waals surface area contributed by atoms with Crippen LogP contribution in [0.1, 0.15) is 5.69 Å². The Morgan fingerprint density at radius 2 is 1.90 bits per heavy atom. The highest BCUT2D eigenvalue weighted by molar-refractivity contribution is 7.99. The van der Waals surface area contributed by atoms with Crippen LogP contribution in [-0.4, -0.2) is 57.3 Å². The molecule has 1 aromatic carbocycles. The molecule has 4 rings (SSSR count). The zero-order valence-electron chi connectivity index (χ0n) is 16.3. The Morgan fingerprint density at radius 3 is 2.59 bits per heavy atom. The number of benzene rings is 1. The number of aromatic nitrogens is 3. The summed E-state index contributed by atoms with van der Waals surface area (Å²) in [6, 6.07) is 8.24. The van der Waals surface area contributed by atoms with Gasteiger partial charge in [0.15, 0.2) is 5.16 Å². The second-order valence-corrected chi connectivity index (χ2v) is 8.05. The van der Waals surface area contributed by atoms with Gasteiger partial charge in [0.25, 0.3) is 5.56 Å². The molecular weight excluding hydrogens is 393 g/mol. The largest absolute Gasteiger partial charge is 0.368 e. The van der Waals surface area contributed by atoms with Crippen molar-refractivity contribution >= 4 is 34.4 Å². The van der Waals surface area contributed by atoms with Gasteiger partial charge in [0.2, 0.25) is 5.91 Å². The number of carbonyl (C=O) groups excluding carboxylic acids is 1. The highest BCUT2D eigenvalue weighted by Crippen LogP contribution is 2.20. The van der Waals surface area contributed by atoms with Gasteiger partial charge >= 0.3 is 0 Å². The molecular formula is C20H22FN5O2S. The van der Waals surface area contributed by atoms with Crippen molar-refractivity contribution in [3.63, 3.8) is 0 Å². The van der Waals surface area contributed by atoms with Crippen molar-refractivity contribution in [2.75, 3.05) is 36.8 Å². The molecule has 0 atom stereocenters. The lowest BCUT2D eigenvalue weighted by molar-refractivity contribution is -0.128. The zero-order valence-corrected chi connectivity index (χ0v) is 17.1. The fraction of sp³-hybridized carbons (Fsp3) is 0.350. The van der Waals surface area contributed by atoms with Crippen molar-refractivity contribution in [2.24, 2.45) is 7.05 Å². The van der Waals surface area contributed by atoms with Crippen LogP contribution in [0.2, 0.25) is 0 Å². The number of aryl methyl sites for hydroxylation is 1. The molecule has 1 aliphatic heterocycles. The van der Waals surface area contributed by atoms with E-state index in [-0.39, 0.29) is 23.0 Å². The molecule has 0 aliphatic carbocycles. The van der Waals surface area contributed by atoms with Crippen LogP contribution in [0.15, 0.2) is 40.3 Å². The molecule has 1 N–H and O–H groups in total. The lowest BCUT2D eigenvalue weighted by Gasteiger charge is -2.36. The Kier molecular flexibility index (Phi) is 5.31. The van der Waals surface area contributed by atoms with Gasteiger partial charge in [-0.3, -0.25) is 14.2 Å². The number of rotatable bonds is 4. The number of hydrogen-bond acceptors (Lipinski definition) is 5. The van der Waals surface area contributed by atoms with E-state index in [1.54, 1.807) is 19.2 Å². The second kappa shape index (κ2) is 7.90. The van der Waals surface area contributed by atoms with E-state index in [0.717, 1.165) is 11.4 Å². The van der Waals surface area contributed by atoms with Gasteiger partial charge in [-0.2, -0.15) is 0 Å². The Labute approximate surface area is 171 Å². The summed E-state index contributed by atoms with van der Waals surface area (Å²) in [7, 11) is 1.67. The molecule has 1 fully saturated rings. The molecule has 0 spiro atoms. The van der Waals surface area contributed by atoms with E-state index in [1.807, 2.05) is 17.9 Å². The topological polar surface area (TPSA) is 74.2 Å². The maximum atomic E-state index is 13.1. The molecule has 3 aromatic rings. The minimum absolute atomic E-state index is 0.0216. The molecule has 0 saturated carbocycles. The molecule has 9 heteroatoms. The Balaban J connectivity index is 1.37. The Hall–Kier alpha value is -2.81. The number of hydrogen-bond donors (Lipinski definition) is 1. The number of halogens is 1. The van der Waals surface area contributed by atoms with E-state index >= 15 is 0 Å². The van der Waals surface area contributed by atoms with Crippen molar-refractivity contribution in [2.45, 2.75) is 12.1 Å². The van der Waals surface area contributed by atoms with E-state index in [1.165, 1.54) is 28.5 Å². The molecule has 0 radical (unpaired) electrons. The number of nitrogens with zero attached hydrogens (tertiary/aromatic N) is 4. The highest BCUT2D eigenvalue weighted by Gasteiger charge is 2.22. The minimum atomic E-state index is -0.254. The van der Waals surface area contributed by atoms with Gasteiger partial charge in [-0.1, -0.05) is 11.8 Å². The fourth-order valence-corrected chi connectivity index (χ4v) is 4.35. The molecule has 29 heavy (non-hydrogen) atoms. The third-order valence-corrected chi connectivity index (χ3v) is 6.12. The molecule has 152 valence electrons. The molecule has 1 saturated heterocycles. The third-order valence-electron chi connectivity index (χ3n) is 5.10. The third kappa shape index (κ3) is 4.00. The van der Waals surface area contributed by atoms with E-state index in [2.05, 4.69) is 14.9 Å². The minimum Gasteiger partial charge on any atom is -0.368 e. The first-order chi connectivity index (χ1) is 13.9. The maximum Gasteiger partial charge on any atom is 0.278 e. The molecule has 0 unspecified atom stereocenters. The van der Waals surface area contributed by atoms with Crippen molar-refractivity contribution in [1.82, 2.24) is 19.4 Å². The van der Waals surface area contributed by atoms with Crippen LogP contribution in [0.4, 0.5) is 10.1 Å². The Morgan fingerprint density at radius 1 is 1.21 bits per heavy atom. The van der Waals surface area contributed by atoms with Gasteiger partial charge in [0, 0.05) is 44.6 Å². The second-order valence-electron chi connectivity index (χ2n) is 7.10. The van der Waals surface area contributed by atoms with Crippen molar-refractivity contribution in [3.05, 3.63) is 52.2 Å². The van der Waals surface area contributed by atoms with Gasteiger partial charge in [-0.25, -0.2) is 9.37 Å². The van der Waals surface area contributed by atoms with Gasteiger partial charge in [0.05, 0.1) is 11.3 Å². The predicted molar refractivity (Wildman–Crippen MR) is 112 cm³/mol. The smallest absolute Gasteiger partial charge is 0.278 e. The molecule has 7 nitrogen and oxygen atoms in total. The van der Waals surface area contributed by atoms with Gasteiger partial charge in [0.1, 0.15) is 11.3 Å². The monoisotopic (exact) mass is 415 g/mol. The van der Waals surface area contributed by atoms with E-state index in [9.17, 15) is 14.0 Å². The summed E-state index contributed by atoms with van der Waals surface area (Å²) in [5.74, 6) is -0.00455. The number of nitrogens with one attached hydrogen (secondary N) is 1. The van der Waals surface area contributed by atoms with Crippen LogP contribution in [0.3, 0.4) is 0 Å². The quantitative estimate of drug-likeness (QED) is 0.522. The molecule has 3 heterocycles. The van der Waals surface area contributed by atoms with E-state index in [4.69, 9.17) is 0 Å². The zero-order chi connectivity index (χ0) is 20.5. The number of thioether (sulfide) groups is 1. The van der Waals surface area contributed by atoms with Gasteiger partial charge in [-0.15, -0.1) is 0 Å². The number of anilines is 1. The Bertz CT molecular complexity index is 1100. The number of piperazine rings is 1. The first kappa shape index (κ1) is 19.5. The number of amides is 1. The van der Waals surface area contributed by atoms with E-state index in [0.29, 0.717) is 42.4 Å². The van der Waals surface area contributed by atoms with E-state index < -0.39 is 0 Å². The number of aromatic amines is 1. The summed E-state index contributed by atoms with van der Waals surface area (Å²) >= 11 is 1.28. The number of fused-ring (bicyclic) bond motifs is 1. The standard InChI is InChI=1S/C20H22FN5O2S/c1-13-11-16-18(22-13)19(28)24(2)20(23-16)29-12-17(27)26-9-7-25(8-10-26)15-5-3-14(21)4-6-15/h3-6,11,22H,7-10,12H2,1-2H3. The normalized spacial score (nSPS) is 14.6. The summed E-state index contributed by atoms with van der Waals surface area (Å²) in [6.07, 6.45) is 0. The van der Waals surface area contributed by atoms with Gasteiger partial charge < -0.3 is 14.8 Å². The summed E-state index contributed by atoms with van der Waals surface area (Å²) < 4.78 is 14.6. The summed E-state index contributed by atoms with van der Waals surface area (Å²) in [5.41, 5.74) is 2.79. The number of H-pyrrole nitrogens is 1. The van der Waals surface area contributed by atoms with Crippen LogP contribution >= 0.6 is 11.8 Å². The van der Waals surface area contributed by atoms with Crippen molar-refractivity contribution in [1.29, 1.82) is 0 Å². The SMILES string of the molecule is Cc1cc2nc(SCC(=O)N3CCN(c4ccc(F)cc4)CC3)n(C)c(=O)c2[nH]1. The molecule has 1 amide bonds. The van der Waals surface area contributed by atoms with Crippen LogP contribution in [0.25, 0.3) is 11.0 Å². The van der Waals surface area contributed by atoms with Crippen LogP contribution < -0.4 is 10.5 Å². The summed E-state index contributed by atoms with van der Waals surface area (Å²) in [6.45, 7) is 4.50. The summed E-state index contributed by atoms with van der Waals surface area (Å²) in [5, 5.41) is 0.528.